The fourth-order valence-corrected chi connectivity index (χ4v) is 3.51. The van der Waals surface area contributed by atoms with Crippen molar-refractivity contribution in [3.05, 3.63) is 52.3 Å². The number of carbonyl (C=O) groups excluding carboxylic acids is 1. The summed E-state index contributed by atoms with van der Waals surface area (Å²) >= 11 is 12.2. The molecule has 1 aliphatic rings. The molecule has 1 saturated heterocycles. The summed E-state index contributed by atoms with van der Waals surface area (Å²) in [5, 5.41) is 1.26. The zero-order chi connectivity index (χ0) is 18.5. The Kier molecular flexibility index (Phi) is 6.29. The molecule has 1 fully saturated rings. The predicted octanol–water partition coefficient (Wildman–Crippen LogP) is 1.15. The van der Waals surface area contributed by atoms with Crippen LogP contribution in [0.3, 0.4) is 0 Å². The number of rotatable bonds is 5. The summed E-state index contributed by atoms with van der Waals surface area (Å²) < 4.78 is 0. The van der Waals surface area contributed by atoms with Gasteiger partial charge < -0.3 is 14.7 Å². The van der Waals surface area contributed by atoms with Crippen LogP contribution in [0.15, 0.2) is 36.7 Å². The summed E-state index contributed by atoms with van der Waals surface area (Å²) in [5.41, 5.74) is 0.993. The van der Waals surface area contributed by atoms with Crippen LogP contribution in [0.2, 0.25) is 10.0 Å². The zero-order valence-electron chi connectivity index (χ0n) is 14.7. The minimum atomic E-state index is 0.154. The van der Waals surface area contributed by atoms with Crippen molar-refractivity contribution in [2.45, 2.75) is 6.54 Å². The molecule has 2 heterocycles. The molecule has 1 N–H and O–H groups in total. The molecule has 1 amide bonds. The number of benzene rings is 1. The summed E-state index contributed by atoms with van der Waals surface area (Å²) in [6, 6.07) is 7.27. The van der Waals surface area contributed by atoms with E-state index >= 15 is 0 Å². The smallest absolute Gasteiger partial charge is 0.277 e. The summed E-state index contributed by atoms with van der Waals surface area (Å²) in [4.78, 5) is 26.2. The highest BCUT2D eigenvalue weighted by atomic mass is 35.5. The number of aromatic nitrogens is 2. The van der Waals surface area contributed by atoms with Gasteiger partial charge in [-0.25, -0.2) is 9.97 Å². The number of halogens is 2. The molecular weight excluding hydrogens is 373 g/mol. The number of nitrogens with one attached hydrogen (secondary N) is 1. The second kappa shape index (κ2) is 8.66. The van der Waals surface area contributed by atoms with Crippen LogP contribution < -0.4 is 9.80 Å². The van der Waals surface area contributed by atoms with Gasteiger partial charge in [-0.3, -0.25) is 4.79 Å². The highest BCUT2D eigenvalue weighted by molar-refractivity contribution is 6.35. The molecule has 1 unspecified atom stereocenters. The van der Waals surface area contributed by atoms with Gasteiger partial charge >= 0.3 is 0 Å². The number of quaternary nitrogens is 1. The zero-order valence-corrected chi connectivity index (χ0v) is 16.2. The van der Waals surface area contributed by atoms with Crippen LogP contribution in [0.25, 0.3) is 0 Å². The van der Waals surface area contributed by atoms with E-state index in [-0.39, 0.29) is 5.91 Å². The minimum absolute atomic E-state index is 0.154. The fourth-order valence-electron chi connectivity index (χ4n) is 3.03. The Bertz CT molecular complexity index is 751. The molecule has 138 valence electrons. The number of hydrogen-bond donors (Lipinski definition) is 1. The monoisotopic (exact) mass is 394 g/mol. The third kappa shape index (κ3) is 4.84. The van der Waals surface area contributed by atoms with Crippen molar-refractivity contribution in [1.29, 1.82) is 0 Å². The van der Waals surface area contributed by atoms with Gasteiger partial charge in [-0.15, -0.1) is 0 Å². The Hall–Kier alpha value is -1.89. The van der Waals surface area contributed by atoms with E-state index in [1.54, 1.807) is 24.5 Å². The second-order valence-electron chi connectivity index (χ2n) is 6.46. The first-order chi connectivity index (χ1) is 12.5. The van der Waals surface area contributed by atoms with Gasteiger partial charge in [-0.2, -0.15) is 0 Å². The second-order valence-corrected chi connectivity index (χ2v) is 7.31. The Morgan fingerprint density at radius 2 is 1.85 bits per heavy atom. The molecule has 1 aromatic heterocycles. The lowest BCUT2D eigenvalue weighted by molar-refractivity contribution is -0.885. The summed E-state index contributed by atoms with van der Waals surface area (Å²) in [5.74, 6) is 0.876. The van der Waals surface area contributed by atoms with Gasteiger partial charge in [0.15, 0.2) is 6.54 Å². The lowest BCUT2D eigenvalue weighted by atomic mass is 10.2. The lowest BCUT2D eigenvalue weighted by Crippen LogP contribution is -3.09. The van der Waals surface area contributed by atoms with Gasteiger partial charge in [0.25, 0.3) is 5.91 Å². The molecule has 6 nitrogen and oxygen atoms in total. The Labute approximate surface area is 163 Å². The van der Waals surface area contributed by atoms with Crippen LogP contribution in [0.5, 0.6) is 0 Å². The molecule has 1 atom stereocenters. The Morgan fingerprint density at radius 3 is 2.50 bits per heavy atom. The number of likely N-dealkylation sites (N-methyl/N-ethyl adjacent to an activating group) is 1. The molecule has 0 radical (unpaired) electrons. The van der Waals surface area contributed by atoms with E-state index in [9.17, 15) is 4.79 Å². The molecule has 1 aliphatic heterocycles. The summed E-state index contributed by atoms with van der Waals surface area (Å²) in [6.07, 6.45) is 3.47. The number of nitrogens with zero attached hydrogens (tertiary/aromatic N) is 4. The molecular formula is C18H22Cl2N5O+. The average molecular weight is 395 g/mol. The van der Waals surface area contributed by atoms with E-state index in [4.69, 9.17) is 23.2 Å². The quantitative estimate of drug-likeness (QED) is 0.826. The van der Waals surface area contributed by atoms with Crippen molar-refractivity contribution in [3.8, 4) is 0 Å². The summed E-state index contributed by atoms with van der Waals surface area (Å²) in [6.45, 7) is 3.98. The first-order valence-electron chi connectivity index (χ1n) is 8.58. The highest BCUT2D eigenvalue weighted by Crippen LogP contribution is 2.20. The van der Waals surface area contributed by atoms with Crippen LogP contribution in [0.4, 0.5) is 5.95 Å². The number of piperazine rings is 1. The summed E-state index contributed by atoms with van der Waals surface area (Å²) in [7, 11) is 2.00. The molecule has 1 aromatic carbocycles. The van der Waals surface area contributed by atoms with Gasteiger partial charge in [0.05, 0.1) is 12.1 Å². The maximum atomic E-state index is 12.6. The van der Waals surface area contributed by atoms with Gasteiger partial charge in [-0.05, 0) is 18.2 Å². The third-order valence-corrected chi connectivity index (χ3v) is 5.01. The standard InChI is InChI=1S/C18H21Cl2N5O/c1-23(12-14-3-4-15(19)11-16(14)20)13-17(26)24-7-9-25(10-8-24)18-21-5-2-6-22-18/h2-6,11H,7-10,12-13H2,1H3/p+1. The third-order valence-electron chi connectivity index (χ3n) is 4.43. The molecule has 26 heavy (non-hydrogen) atoms. The van der Waals surface area contributed by atoms with Crippen molar-refractivity contribution in [2.75, 3.05) is 44.7 Å². The van der Waals surface area contributed by atoms with E-state index in [1.807, 2.05) is 24.1 Å². The molecule has 2 aromatic rings. The van der Waals surface area contributed by atoms with E-state index in [2.05, 4.69) is 14.9 Å². The topological polar surface area (TPSA) is 53.8 Å². The van der Waals surface area contributed by atoms with Crippen LogP contribution in [-0.4, -0.2) is 60.5 Å². The average Bonchev–Trinajstić information content (AvgIpc) is 2.65. The first-order valence-corrected chi connectivity index (χ1v) is 9.33. The number of anilines is 1. The highest BCUT2D eigenvalue weighted by Gasteiger charge is 2.24. The van der Waals surface area contributed by atoms with Crippen LogP contribution >= 0.6 is 23.2 Å². The molecule has 3 rings (SSSR count). The van der Waals surface area contributed by atoms with Crippen molar-refractivity contribution in [3.63, 3.8) is 0 Å². The van der Waals surface area contributed by atoms with E-state index in [1.165, 1.54) is 0 Å². The van der Waals surface area contributed by atoms with Gasteiger partial charge in [0.1, 0.15) is 6.54 Å². The Morgan fingerprint density at radius 1 is 1.15 bits per heavy atom. The number of hydrogen-bond acceptors (Lipinski definition) is 4. The van der Waals surface area contributed by atoms with Crippen molar-refractivity contribution in [1.82, 2.24) is 14.9 Å². The number of amides is 1. The van der Waals surface area contributed by atoms with Gasteiger partial charge in [0.2, 0.25) is 5.95 Å². The van der Waals surface area contributed by atoms with Crippen molar-refractivity contribution in [2.24, 2.45) is 0 Å². The van der Waals surface area contributed by atoms with Crippen molar-refractivity contribution < 1.29 is 9.69 Å². The Balaban J connectivity index is 1.49. The molecule has 0 spiro atoms. The molecule has 8 heteroatoms. The maximum absolute atomic E-state index is 12.6. The maximum Gasteiger partial charge on any atom is 0.277 e. The fraction of sp³-hybridized carbons (Fsp3) is 0.389. The van der Waals surface area contributed by atoms with E-state index < -0.39 is 0 Å². The SMILES string of the molecule is C[NH+](CC(=O)N1CCN(c2ncccn2)CC1)Cc1ccc(Cl)cc1Cl. The van der Waals surface area contributed by atoms with Crippen LogP contribution in [-0.2, 0) is 11.3 Å². The van der Waals surface area contributed by atoms with Gasteiger partial charge in [-0.1, -0.05) is 29.3 Å². The van der Waals surface area contributed by atoms with E-state index in [0.29, 0.717) is 36.2 Å². The minimum Gasteiger partial charge on any atom is -0.337 e. The lowest BCUT2D eigenvalue weighted by Gasteiger charge is -2.34. The first kappa shape index (κ1) is 18.9. The molecule has 0 bridgehead atoms. The number of carbonyl (C=O) groups is 1. The largest absolute Gasteiger partial charge is 0.337 e. The van der Waals surface area contributed by atoms with E-state index in [0.717, 1.165) is 29.5 Å². The molecule has 0 saturated carbocycles. The van der Waals surface area contributed by atoms with Gasteiger partial charge in [0, 0.05) is 49.2 Å². The predicted molar refractivity (Wildman–Crippen MR) is 103 cm³/mol. The normalized spacial score (nSPS) is 15.8. The molecule has 0 aliphatic carbocycles. The van der Waals surface area contributed by atoms with Crippen LogP contribution in [0.1, 0.15) is 5.56 Å². The van der Waals surface area contributed by atoms with Crippen molar-refractivity contribution >= 4 is 35.1 Å². The van der Waals surface area contributed by atoms with Crippen LogP contribution in [0, 0.1) is 0 Å².